The average molecular weight is 279 g/mol. The Labute approximate surface area is 121 Å². The van der Waals surface area contributed by atoms with Gasteiger partial charge in [-0.1, -0.05) is 24.3 Å². The summed E-state index contributed by atoms with van der Waals surface area (Å²) < 4.78 is 14.5. The van der Waals surface area contributed by atoms with E-state index in [1.54, 1.807) is 6.20 Å². The molecule has 2 aromatic carbocycles. The summed E-state index contributed by atoms with van der Waals surface area (Å²) in [4.78, 5) is 6.37. The molecule has 3 nitrogen and oxygen atoms in total. The first kappa shape index (κ1) is 12.1. The number of anilines is 2. The zero-order chi connectivity index (χ0) is 14.4. The van der Waals surface area contributed by atoms with Crippen molar-refractivity contribution >= 4 is 22.3 Å². The lowest BCUT2D eigenvalue weighted by atomic mass is 10.1. The van der Waals surface area contributed by atoms with E-state index < -0.39 is 0 Å². The molecule has 0 atom stereocenters. The molecule has 0 amide bonds. The Balaban J connectivity index is 1.89. The number of halogens is 1. The van der Waals surface area contributed by atoms with Crippen LogP contribution < -0.4 is 10.6 Å². The van der Waals surface area contributed by atoms with Gasteiger partial charge in [-0.25, -0.2) is 4.39 Å². The Morgan fingerprint density at radius 3 is 2.48 bits per heavy atom. The van der Waals surface area contributed by atoms with Crippen LogP contribution >= 0.6 is 0 Å². The van der Waals surface area contributed by atoms with Crippen molar-refractivity contribution in [3.63, 3.8) is 0 Å². The van der Waals surface area contributed by atoms with E-state index in [4.69, 9.17) is 5.73 Å². The fraction of sp³-hybridized carbons (Fsp3) is 0.118. The van der Waals surface area contributed by atoms with Crippen LogP contribution in [0.25, 0.3) is 10.9 Å². The molecule has 2 heterocycles. The van der Waals surface area contributed by atoms with Gasteiger partial charge in [-0.3, -0.25) is 4.98 Å². The molecular weight excluding hydrogens is 265 g/mol. The Bertz CT molecular complexity index is 820. The predicted octanol–water partition coefficient (Wildman–Crippen LogP) is 3.48. The summed E-state index contributed by atoms with van der Waals surface area (Å²) >= 11 is 0. The van der Waals surface area contributed by atoms with Gasteiger partial charge < -0.3 is 10.6 Å². The van der Waals surface area contributed by atoms with Crippen LogP contribution in [0.15, 0.2) is 48.7 Å². The summed E-state index contributed by atoms with van der Waals surface area (Å²) in [5.41, 5.74) is 9.97. The van der Waals surface area contributed by atoms with Gasteiger partial charge >= 0.3 is 0 Å². The van der Waals surface area contributed by atoms with Crippen molar-refractivity contribution in [2.75, 3.05) is 10.6 Å². The van der Waals surface area contributed by atoms with E-state index in [2.05, 4.69) is 17.1 Å². The summed E-state index contributed by atoms with van der Waals surface area (Å²) in [6, 6.07) is 13.3. The van der Waals surface area contributed by atoms with Gasteiger partial charge in [0.2, 0.25) is 0 Å². The second-order valence-corrected chi connectivity index (χ2v) is 5.32. The normalized spacial score (nSPS) is 13.7. The molecule has 0 fully saturated rings. The smallest absolute Gasteiger partial charge is 0.150 e. The molecule has 0 aliphatic carbocycles. The van der Waals surface area contributed by atoms with Crippen LogP contribution in [0.4, 0.5) is 15.8 Å². The molecule has 1 aliphatic rings. The summed E-state index contributed by atoms with van der Waals surface area (Å²) in [6.07, 6.45) is 1.67. The summed E-state index contributed by atoms with van der Waals surface area (Å²) in [5, 5.41) is 0.796. The molecule has 0 spiro atoms. The summed E-state index contributed by atoms with van der Waals surface area (Å²) in [6.45, 7) is 1.39. The van der Waals surface area contributed by atoms with Crippen molar-refractivity contribution in [1.29, 1.82) is 0 Å². The largest absolute Gasteiger partial charge is 0.398 e. The van der Waals surface area contributed by atoms with Crippen LogP contribution in [0, 0.1) is 5.82 Å². The second kappa shape index (κ2) is 4.45. The lowest BCUT2D eigenvalue weighted by Crippen LogP contribution is -2.17. The number of hydrogen-bond donors (Lipinski definition) is 1. The highest BCUT2D eigenvalue weighted by Gasteiger charge is 2.24. The lowest BCUT2D eigenvalue weighted by Gasteiger charge is -2.20. The topological polar surface area (TPSA) is 42.1 Å². The number of rotatable bonds is 1. The second-order valence-electron chi connectivity index (χ2n) is 5.32. The van der Waals surface area contributed by atoms with E-state index in [9.17, 15) is 4.39 Å². The number of aromatic nitrogens is 1. The van der Waals surface area contributed by atoms with Gasteiger partial charge in [0.25, 0.3) is 0 Å². The third-order valence-corrected chi connectivity index (χ3v) is 4.01. The van der Waals surface area contributed by atoms with Crippen LogP contribution in [-0.2, 0) is 13.1 Å². The van der Waals surface area contributed by atoms with Crippen molar-refractivity contribution in [3.8, 4) is 0 Å². The Morgan fingerprint density at radius 2 is 1.76 bits per heavy atom. The first-order chi connectivity index (χ1) is 10.2. The summed E-state index contributed by atoms with van der Waals surface area (Å²) in [7, 11) is 0. The molecule has 4 rings (SSSR count). The van der Waals surface area contributed by atoms with Crippen LogP contribution in [0.3, 0.4) is 0 Å². The third kappa shape index (κ3) is 1.83. The number of nitrogens with two attached hydrogens (primary N) is 1. The molecule has 104 valence electrons. The Morgan fingerprint density at radius 1 is 1.05 bits per heavy atom. The Hall–Kier alpha value is -2.62. The van der Waals surface area contributed by atoms with Crippen molar-refractivity contribution in [3.05, 3.63) is 65.6 Å². The van der Waals surface area contributed by atoms with E-state index in [1.165, 1.54) is 17.2 Å². The molecule has 0 bridgehead atoms. The van der Waals surface area contributed by atoms with Gasteiger partial charge in [0, 0.05) is 30.4 Å². The predicted molar refractivity (Wildman–Crippen MR) is 82.4 cm³/mol. The molecule has 3 aromatic rings. The average Bonchev–Trinajstić information content (AvgIpc) is 2.90. The van der Waals surface area contributed by atoms with Gasteiger partial charge in [0.05, 0.1) is 5.52 Å². The number of nitrogen functional groups attached to an aromatic ring is 1. The van der Waals surface area contributed by atoms with Gasteiger partial charge in [-0.15, -0.1) is 0 Å². The highest BCUT2D eigenvalue weighted by atomic mass is 19.1. The van der Waals surface area contributed by atoms with Crippen LogP contribution in [0.5, 0.6) is 0 Å². The van der Waals surface area contributed by atoms with Crippen LogP contribution in [0.2, 0.25) is 0 Å². The number of pyridine rings is 1. The maximum absolute atomic E-state index is 14.5. The molecule has 0 unspecified atom stereocenters. The van der Waals surface area contributed by atoms with Crippen molar-refractivity contribution in [2.45, 2.75) is 13.1 Å². The van der Waals surface area contributed by atoms with Gasteiger partial charge in [0.1, 0.15) is 5.69 Å². The molecule has 0 saturated heterocycles. The van der Waals surface area contributed by atoms with Crippen molar-refractivity contribution in [2.24, 2.45) is 0 Å². The van der Waals surface area contributed by atoms with E-state index in [-0.39, 0.29) is 5.82 Å². The SMILES string of the molecule is Nc1cc(F)c(N2Cc3ccccc3C2)c2ncccc12. The zero-order valence-electron chi connectivity index (χ0n) is 11.4. The molecule has 4 heteroatoms. The summed E-state index contributed by atoms with van der Waals surface area (Å²) in [5.74, 6) is -0.313. The minimum absolute atomic E-state index is 0.313. The maximum Gasteiger partial charge on any atom is 0.150 e. The van der Waals surface area contributed by atoms with Crippen molar-refractivity contribution < 1.29 is 4.39 Å². The third-order valence-electron chi connectivity index (χ3n) is 4.01. The number of fused-ring (bicyclic) bond motifs is 2. The fourth-order valence-electron chi connectivity index (χ4n) is 3.01. The van der Waals surface area contributed by atoms with E-state index in [0.29, 0.717) is 30.0 Å². The minimum Gasteiger partial charge on any atom is -0.398 e. The fourth-order valence-corrected chi connectivity index (χ4v) is 3.01. The minimum atomic E-state index is -0.313. The van der Waals surface area contributed by atoms with Gasteiger partial charge in [0.15, 0.2) is 5.82 Å². The molecule has 0 saturated carbocycles. The molecule has 1 aliphatic heterocycles. The standard InChI is InChI=1S/C17H14FN3/c18-14-8-15(19)13-6-3-7-20-16(13)17(14)21-9-11-4-1-2-5-12(11)10-21/h1-8H,9-10,19H2. The highest BCUT2D eigenvalue weighted by Crippen LogP contribution is 2.36. The monoisotopic (exact) mass is 279 g/mol. The maximum atomic E-state index is 14.5. The first-order valence-corrected chi connectivity index (χ1v) is 6.88. The molecule has 21 heavy (non-hydrogen) atoms. The van der Waals surface area contributed by atoms with E-state index in [1.807, 2.05) is 29.2 Å². The van der Waals surface area contributed by atoms with Crippen molar-refractivity contribution in [1.82, 2.24) is 4.98 Å². The molecule has 1 aromatic heterocycles. The molecular formula is C17H14FN3. The van der Waals surface area contributed by atoms with Crippen LogP contribution in [-0.4, -0.2) is 4.98 Å². The lowest BCUT2D eigenvalue weighted by molar-refractivity contribution is 0.622. The van der Waals surface area contributed by atoms with Gasteiger partial charge in [-0.05, 0) is 29.3 Å². The zero-order valence-corrected chi connectivity index (χ0v) is 11.4. The van der Waals surface area contributed by atoms with Gasteiger partial charge in [-0.2, -0.15) is 0 Å². The first-order valence-electron chi connectivity index (χ1n) is 6.88. The van der Waals surface area contributed by atoms with Crippen LogP contribution in [0.1, 0.15) is 11.1 Å². The number of hydrogen-bond acceptors (Lipinski definition) is 3. The quantitative estimate of drug-likeness (QED) is 0.693. The molecule has 2 N–H and O–H groups in total. The Kier molecular flexibility index (Phi) is 2.57. The molecule has 0 radical (unpaired) electrons. The van der Waals surface area contributed by atoms with E-state index >= 15 is 0 Å². The highest BCUT2D eigenvalue weighted by molar-refractivity contribution is 5.99. The number of benzene rings is 2. The van der Waals surface area contributed by atoms with E-state index in [0.717, 1.165) is 5.39 Å². The number of nitrogens with zero attached hydrogens (tertiary/aromatic N) is 2.